The minimum Gasteiger partial charge on any atom is -0.343 e. The Morgan fingerprint density at radius 3 is 2.35 bits per heavy atom. The number of halogens is 1. The average Bonchev–Trinajstić information content (AvgIpc) is 2.85. The number of hydrogen-bond acceptors (Lipinski definition) is 3. The zero-order chi connectivity index (χ0) is 17.0. The molecule has 1 saturated heterocycles. The van der Waals surface area contributed by atoms with Gasteiger partial charge >= 0.3 is 0 Å². The van der Waals surface area contributed by atoms with E-state index in [1.807, 2.05) is 31.2 Å². The summed E-state index contributed by atoms with van der Waals surface area (Å²) < 4.78 is 0. The molecule has 5 nitrogen and oxygen atoms in total. The maximum Gasteiger partial charge on any atom is 0.229 e. The number of rotatable bonds is 6. The van der Waals surface area contributed by atoms with Gasteiger partial charge in [-0.15, -0.1) is 0 Å². The number of imide groups is 1. The van der Waals surface area contributed by atoms with Crippen molar-refractivity contribution < 1.29 is 14.4 Å². The van der Waals surface area contributed by atoms with E-state index in [9.17, 15) is 14.4 Å². The molecule has 0 spiro atoms. The number of carbonyl (C=O) groups excluding carboxylic acids is 3. The Bertz CT molecular complexity index is 584. The minimum absolute atomic E-state index is 0.0219. The van der Waals surface area contributed by atoms with Gasteiger partial charge in [-0.25, -0.2) is 0 Å². The first kappa shape index (κ1) is 17.5. The van der Waals surface area contributed by atoms with E-state index in [0.29, 0.717) is 5.02 Å². The second kappa shape index (κ2) is 7.59. The van der Waals surface area contributed by atoms with Gasteiger partial charge in [-0.05, 0) is 31.0 Å². The molecule has 2 rings (SSSR count). The first-order chi connectivity index (χ1) is 10.9. The molecule has 0 aromatic heterocycles. The Labute approximate surface area is 141 Å². The van der Waals surface area contributed by atoms with Crippen molar-refractivity contribution >= 4 is 29.3 Å². The van der Waals surface area contributed by atoms with E-state index in [1.54, 1.807) is 11.9 Å². The van der Waals surface area contributed by atoms with Gasteiger partial charge in [0, 0.05) is 43.9 Å². The number of benzene rings is 1. The standard InChI is InChI=1S/C17H21ClN2O3/c1-12(11-13-3-5-14(18)6-4-13)19(2)15(21)9-10-20-16(22)7-8-17(20)23/h3-6,12H,7-11H2,1-2H3/t12-/m1/s1. The van der Waals surface area contributed by atoms with Gasteiger partial charge in [-0.3, -0.25) is 19.3 Å². The average molecular weight is 337 g/mol. The van der Waals surface area contributed by atoms with Gasteiger partial charge < -0.3 is 4.90 Å². The van der Waals surface area contributed by atoms with Gasteiger partial charge in [0.2, 0.25) is 17.7 Å². The third-order valence-electron chi connectivity index (χ3n) is 4.20. The molecule has 0 N–H and O–H groups in total. The lowest BCUT2D eigenvalue weighted by molar-refractivity contribution is -0.139. The molecular formula is C17H21ClN2O3. The van der Waals surface area contributed by atoms with Crippen molar-refractivity contribution in [2.24, 2.45) is 0 Å². The fraction of sp³-hybridized carbons (Fsp3) is 0.471. The molecule has 0 aliphatic carbocycles. The van der Waals surface area contributed by atoms with E-state index >= 15 is 0 Å². The summed E-state index contributed by atoms with van der Waals surface area (Å²) in [5.41, 5.74) is 1.10. The summed E-state index contributed by atoms with van der Waals surface area (Å²) in [6, 6.07) is 7.57. The molecule has 124 valence electrons. The molecule has 1 aliphatic rings. The van der Waals surface area contributed by atoms with Crippen LogP contribution in [0.3, 0.4) is 0 Å². The zero-order valence-electron chi connectivity index (χ0n) is 13.4. The van der Waals surface area contributed by atoms with E-state index in [-0.39, 0.29) is 49.6 Å². The molecule has 6 heteroatoms. The van der Waals surface area contributed by atoms with E-state index in [0.717, 1.165) is 12.0 Å². The van der Waals surface area contributed by atoms with Gasteiger partial charge in [0.05, 0.1) is 0 Å². The third-order valence-corrected chi connectivity index (χ3v) is 4.46. The maximum absolute atomic E-state index is 12.3. The highest BCUT2D eigenvalue weighted by atomic mass is 35.5. The van der Waals surface area contributed by atoms with Gasteiger partial charge in [-0.2, -0.15) is 0 Å². The minimum atomic E-state index is -0.181. The molecular weight excluding hydrogens is 316 g/mol. The van der Waals surface area contributed by atoms with Crippen LogP contribution in [-0.4, -0.2) is 47.2 Å². The van der Waals surface area contributed by atoms with Crippen molar-refractivity contribution in [3.63, 3.8) is 0 Å². The summed E-state index contributed by atoms with van der Waals surface area (Å²) in [5.74, 6) is -0.432. The SMILES string of the molecule is C[C@H](Cc1ccc(Cl)cc1)N(C)C(=O)CCN1C(=O)CCC1=O. The topological polar surface area (TPSA) is 57.7 Å². The van der Waals surface area contributed by atoms with Crippen LogP contribution in [0.4, 0.5) is 0 Å². The molecule has 0 bridgehead atoms. The first-order valence-corrected chi connectivity index (χ1v) is 8.09. The molecule has 0 saturated carbocycles. The van der Waals surface area contributed by atoms with Crippen LogP contribution in [0.15, 0.2) is 24.3 Å². The molecule has 1 heterocycles. The summed E-state index contributed by atoms with van der Waals surface area (Å²) >= 11 is 5.86. The van der Waals surface area contributed by atoms with Crippen molar-refractivity contribution in [2.75, 3.05) is 13.6 Å². The van der Waals surface area contributed by atoms with Crippen LogP contribution in [0, 0.1) is 0 Å². The fourth-order valence-electron chi connectivity index (χ4n) is 2.60. The van der Waals surface area contributed by atoms with E-state index in [1.165, 1.54) is 4.90 Å². The Morgan fingerprint density at radius 1 is 1.22 bits per heavy atom. The Kier molecular flexibility index (Phi) is 5.77. The van der Waals surface area contributed by atoms with Crippen LogP contribution in [0.1, 0.15) is 31.7 Å². The van der Waals surface area contributed by atoms with E-state index in [4.69, 9.17) is 11.6 Å². The highest BCUT2D eigenvalue weighted by Gasteiger charge is 2.29. The smallest absolute Gasteiger partial charge is 0.229 e. The Hall–Kier alpha value is -1.88. The predicted molar refractivity (Wildman–Crippen MR) is 88.0 cm³/mol. The van der Waals surface area contributed by atoms with Crippen LogP contribution >= 0.6 is 11.6 Å². The summed E-state index contributed by atoms with van der Waals surface area (Å²) in [6.45, 7) is 2.15. The lowest BCUT2D eigenvalue weighted by Crippen LogP contribution is -2.39. The largest absolute Gasteiger partial charge is 0.343 e. The predicted octanol–water partition coefficient (Wildman–Crippen LogP) is 2.27. The van der Waals surface area contributed by atoms with Crippen molar-refractivity contribution in [3.8, 4) is 0 Å². The normalized spacial score (nSPS) is 15.9. The summed E-state index contributed by atoms with van der Waals surface area (Å²) in [6.07, 6.45) is 1.41. The molecule has 1 atom stereocenters. The van der Waals surface area contributed by atoms with Gasteiger partial charge in [0.1, 0.15) is 0 Å². The third kappa shape index (κ3) is 4.55. The Morgan fingerprint density at radius 2 is 1.78 bits per heavy atom. The first-order valence-electron chi connectivity index (χ1n) is 7.71. The molecule has 1 aromatic carbocycles. The number of nitrogens with zero attached hydrogens (tertiary/aromatic N) is 2. The summed E-state index contributed by atoms with van der Waals surface area (Å²) in [4.78, 5) is 38.2. The highest BCUT2D eigenvalue weighted by Crippen LogP contribution is 2.15. The van der Waals surface area contributed by atoms with Crippen molar-refractivity contribution in [1.29, 1.82) is 0 Å². The maximum atomic E-state index is 12.3. The quantitative estimate of drug-likeness (QED) is 0.749. The number of amides is 3. The van der Waals surface area contributed by atoms with Gasteiger partial charge in [-0.1, -0.05) is 23.7 Å². The summed E-state index contributed by atoms with van der Waals surface area (Å²) in [5, 5.41) is 0.686. The van der Waals surface area contributed by atoms with E-state index in [2.05, 4.69) is 0 Å². The van der Waals surface area contributed by atoms with Crippen LogP contribution in [0.2, 0.25) is 5.02 Å². The highest BCUT2D eigenvalue weighted by molar-refractivity contribution is 6.30. The molecule has 23 heavy (non-hydrogen) atoms. The fourth-order valence-corrected chi connectivity index (χ4v) is 2.73. The van der Waals surface area contributed by atoms with Gasteiger partial charge in [0.25, 0.3) is 0 Å². The molecule has 3 amide bonds. The van der Waals surface area contributed by atoms with Crippen molar-refractivity contribution in [1.82, 2.24) is 9.80 Å². The van der Waals surface area contributed by atoms with E-state index < -0.39 is 0 Å². The molecule has 1 fully saturated rings. The molecule has 0 radical (unpaired) electrons. The number of likely N-dealkylation sites (N-methyl/N-ethyl adjacent to an activating group) is 1. The Balaban J connectivity index is 1.84. The monoisotopic (exact) mass is 336 g/mol. The second-order valence-corrected chi connectivity index (χ2v) is 6.31. The number of hydrogen-bond donors (Lipinski definition) is 0. The lowest BCUT2D eigenvalue weighted by Gasteiger charge is -2.26. The molecule has 1 aromatic rings. The van der Waals surface area contributed by atoms with Crippen LogP contribution in [0.5, 0.6) is 0 Å². The number of carbonyl (C=O) groups is 3. The zero-order valence-corrected chi connectivity index (χ0v) is 14.2. The second-order valence-electron chi connectivity index (χ2n) is 5.87. The summed E-state index contributed by atoms with van der Waals surface area (Å²) in [7, 11) is 1.75. The van der Waals surface area contributed by atoms with Crippen LogP contribution in [0.25, 0.3) is 0 Å². The molecule has 0 unspecified atom stereocenters. The van der Waals surface area contributed by atoms with Crippen LogP contribution in [-0.2, 0) is 20.8 Å². The molecule has 1 aliphatic heterocycles. The number of likely N-dealkylation sites (tertiary alicyclic amines) is 1. The van der Waals surface area contributed by atoms with Crippen LogP contribution < -0.4 is 0 Å². The van der Waals surface area contributed by atoms with Gasteiger partial charge in [0.15, 0.2) is 0 Å². The van der Waals surface area contributed by atoms with Crippen molar-refractivity contribution in [2.45, 2.75) is 38.6 Å². The lowest BCUT2D eigenvalue weighted by atomic mass is 10.1. The van der Waals surface area contributed by atoms with Crippen molar-refractivity contribution in [3.05, 3.63) is 34.9 Å².